The van der Waals surface area contributed by atoms with Crippen molar-refractivity contribution in [2.24, 2.45) is 17.8 Å². The maximum absolute atomic E-state index is 10.9. The summed E-state index contributed by atoms with van der Waals surface area (Å²) in [7, 11) is 1.95. The van der Waals surface area contributed by atoms with Gasteiger partial charge in [0.2, 0.25) is 9.05 Å². The van der Waals surface area contributed by atoms with Crippen LogP contribution in [0.15, 0.2) is 0 Å². The first-order chi connectivity index (χ1) is 6.38. The SMILES string of the molecule is CC(C)C1CCC(CS(=O)(=O)Cl)CC1. The van der Waals surface area contributed by atoms with Crippen molar-refractivity contribution >= 4 is 19.7 Å². The number of hydrogen-bond acceptors (Lipinski definition) is 2. The second kappa shape index (κ2) is 4.84. The molecule has 1 aliphatic rings. The average Bonchev–Trinajstić information content (AvgIpc) is 2.02. The van der Waals surface area contributed by atoms with Gasteiger partial charge < -0.3 is 0 Å². The molecule has 4 heteroatoms. The third kappa shape index (κ3) is 4.18. The Morgan fingerprint density at radius 3 is 2.07 bits per heavy atom. The van der Waals surface area contributed by atoms with Gasteiger partial charge in [-0.2, -0.15) is 0 Å². The minimum absolute atomic E-state index is 0.166. The first-order valence-corrected chi connectivity index (χ1v) is 7.78. The van der Waals surface area contributed by atoms with Crippen molar-refractivity contribution in [2.75, 3.05) is 5.75 Å². The first kappa shape index (κ1) is 12.3. The highest BCUT2D eigenvalue weighted by atomic mass is 35.7. The molecule has 0 heterocycles. The molecule has 1 saturated carbocycles. The molecule has 0 aromatic rings. The van der Waals surface area contributed by atoms with Gasteiger partial charge in [0.05, 0.1) is 5.75 Å². The van der Waals surface area contributed by atoms with Gasteiger partial charge in [0.1, 0.15) is 0 Å². The maximum atomic E-state index is 10.9. The second-order valence-electron chi connectivity index (χ2n) is 4.73. The summed E-state index contributed by atoms with van der Waals surface area (Å²) in [5, 5.41) is 0. The second-order valence-corrected chi connectivity index (χ2v) is 7.55. The molecular weight excluding hydrogens is 220 g/mol. The van der Waals surface area contributed by atoms with Gasteiger partial charge in [-0.3, -0.25) is 0 Å². The molecule has 0 radical (unpaired) electrons. The highest BCUT2D eigenvalue weighted by molar-refractivity contribution is 8.13. The number of rotatable bonds is 3. The van der Waals surface area contributed by atoms with Crippen LogP contribution in [0.4, 0.5) is 0 Å². The van der Waals surface area contributed by atoms with Crippen LogP contribution in [-0.2, 0) is 9.05 Å². The summed E-state index contributed by atoms with van der Waals surface area (Å²) in [5.74, 6) is 1.97. The third-order valence-corrected chi connectivity index (χ3v) is 4.52. The molecule has 0 bridgehead atoms. The summed E-state index contributed by atoms with van der Waals surface area (Å²) in [6.45, 7) is 4.48. The van der Waals surface area contributed by atoms with E-state index in [0.29, 0.717) is 5.92 Å². The van der Waals surface area contributed by atoms with E-state index in [0.717, 1.165) is 37.5 Å². The highest BCUT2D eigenvalue weighted by Crippen LogP contribution is 2.34. The summed E-state index contributed by atoms with van der Waals surface area (Å²) in [6, 6.07) is 0. The van der Waals surface area contributed by atoms with E-state index >= 15 is 0 Å². The van der Waals surface area contributed by atoms with Crippen LogP contribution in [0.3, 0.4) is 0 Å². The summed E-state index contributed by atoms with van der Waals surface area (Å²) in [4.78, 5) is 0. The van der Waals surface area contributed by atoms with Crippen LogP contribution in [0.1, 0.15) is 39.5 Å². The van der Waals surface area contributed by atoms with Gasteiger partial charge in [-0.1, -0.05) is 13.8 Å². The van der Waals surface area contributed by atoms with E-state index in [1.54, 1.807) is 0 Å². The molecule has 0 aromatic heterocycles. The molecule has 14 heavy (non-hydrogen) atoms. The summed E-state index contributed by atoms with van der Waals surface area (Å²) in [5.41, 5.74) is 0. The predicted molar refractivity (Wildman–Crippen MR) is 59.9 cm³/mol. The predicted octanol–water partition coefficient (Wildman–Crippen LogP) is 3.02. The molecule has 0 aliphatic heterocycles. The third-order valence-electron chi connectivity index (χ3n) is 3.27. The summed E-state index contributed by atoms with van der Waals surface area (Å²) < 4.78 is 21.8. The minimum Gasteiger partial charge on any atom is -0.212 e. The topological polar surface area (TPSA) is 34.1 Å². The fraction of sp³-hybridized carbons (Fsp3) is 1.00. The molecule has 0 atom stereocenters. The molecule has 0 spiro atoms. The Morgan fingerprint density at radius 2 is 1.71 bits per heavy atom. The standard InChI is InChI=1S/C10H19ClO2S/c1-8(2)10-5-3-9(4-6-10)7-14(11,12)13/h8-10H,3-7H2,1-2H3. The van der Waals surface area contributed by atoms with Gasteiger partial charge in [0, 0.05) is 10.7 Å². The Morgan fingerprint density at radius 1 is 1.21 bits per heavy atom. The van der Waals surface area contributed by atoms with Gasteiger partial charge in [0.15, 0.2) is 0 Å². The largest absolute Gasteiger partial charge is 0.232 e. The lowest BCUT2D eigenvalue weighted by molar-refractivity contribution is 0.236. The Hall–Kier alpha value is 0.240. The van der Waals surface area contributed by atoms with Gasteiger partial charge in [0.25, 0.3) is 0 Å². The smallest absolute Gasteiger partial charge is 0.212 e. The normalized spacial score (nSPS) is 29.4. The molecule has 1 rings (SSSR count). The van der Waals surface area contributed by atoms with Crippen molar-refractivity contribution in [3.63, 3.8) is 0 Å². The maximum Gasteiger partial charge on any atom is 0.232 e. The van der Waals surface area contributed by atoms with E-state index in [2.05, 4.69) is 13.8 Å². The van der Waals surface area contributed by atoms with Crippen LogP contribution in [0.5, 0.6) is 0 Å². The lowest BCUT2D eigenvalue weighted by Gasteiger charge is -2.30. The van der Waals surface area contributed by atoms with Crippen LogP contribution < -0.4 is 0 Å². The van der Waals surface area contributed by atoms with Gasteiger partial charge in [-0.05, 0) is 43.4 Å². The molecule has 1 aliphatic carbocycles. The lowest BCUT2D eigenvalue weighted by Crippen LogP contribution is -2.22. The molecule has 0 N–H and O–H groups in total. The van der Waals surface area contributed by atoms with Crippen LogP contribution in [0.25, 0.3) is 0 Å². The zero-order valence-electron chi connectivity index (χ0n) is 8.87. The molecule has 1 fully saturated rings. The fourth-order valence-corrected chi connectivity index (χ4v) is 3.73. The van der Waals surface area contributed by atoms with Gasteiger partial charge in [-0.15, -0.1) is 0 Å². The lowest BCUT2D eigenvalue weighted by atomic mass is 9.78. The number of halogens is 1. The zero-order chi connectivity index (χ0) is 10.8. The summed E-state index contributed by atoms with van der Waals surface area (Å²) >= 11 is 0. The quantitative estimate of drug-likeness (QED) is 0.709. The van der Waals surface area contributed by atoms with Crippen molar-refractivity contribution in [2.45, 2.75) is 39.5 Å². The molecule has 0 saturated heterocycles. The van der Waals surface area contributed by atoms with Crippen LogP contribution in [0, 0.1) is 17.8 Å². The fourth-order valence-electron chi connectivity index (χ4n) is 2.30. The Kier molecular flexibility index (Phi) is 4.26. The van der Waals surface area contributed by atoms with E-state index in [1.807, 2.05) is 0 Å². The van der Waals surface area contributed by atoms with E-state index in [-0.39, 0.29) is 5.75 Å². The Bertz CT molecular complexity index is 264. The first-order valence-electron chi connectivity index (χ1n) is 5.31. The molecule has 0 unspecified atom stereocenters. The van der Waals surface area contributed by atoms with E-state index in [4.69, 9.17) is 10.7 Å². The van der Waals surface area contributed by atoms with E-state index in [1.165, 1.54) is 0 Å². The van der Waals surface area contributed by atoms with E-state index < -0.39 is 9.05 Å². The van der Waals surface area contributed by atoms with Gasteiger partial charge >= 0.3 is 0 Å². The molecular formula is C10H19ClO2S. The average molecular weight is 239 g/mol. The van der Waals surface area contributed by atoms with Crippen LogP contribution in [0.2, 0.25) is 0 Å². The monoisotopic (exact) mass is 238 g/mol. The van der Waals surface area contributed by atoms with Crippen molar-refractivity contribution in [3.8, 4) is 0 Å². The highest BCUT2D eigenvalue weighted by Gasteiger charge is 2.25. The molecule has 0 amide bonds. The molecule has 84 valence electrons. The Labute approximate surface area is 91.5 Å². The van der Waals surface area contributed by atoms with Crippen molar-refractivity contribution in [1.29, 1.82) is 0 Å². The number of hydrogen-bond donors (Lipinski definition) is 0. The summed E-state index contributed by atoms with van der Waals surface area (Å²) in [6.07, 6.45) is 4.37. The molecule has 2 nitrogen and oxygen atoms in total. The van der Waals surface area contributed by atoms with Crippen molar-refractivity contribution in [1.82, 2.24) is 0 Å². The van der Waals surface area contributed by atoms with E-state index in [9.17, 15) is 8.42 Å². The zero-order valence-corrected chi connectivity index (χ0v) is 10.4. The molecule has 0 aromatic carbocycles. The van der Waals surface area contributed by atoms with Crippen LogP contribution >= 0.6 is 10.7 Å². The van der Waals surface area contributed by atoms with Crippen molar-refractivity contribution < 1.29 is 8.42 Å². The van der Waals surface area contributed by atoms with Crippen molar-refractivity contribution in [3.05, 3.63) is 0 Å². The Balaban J connectivity index is 2.36. The van der Waals surface area contributed by atoms with Crippen LogP contribution in [-0.4, -0.2) is 14.2 Å². The van der Waals surface area contributed by atoms with Gasteiger partial charge in [-0.25, -0.2) is 8.42 Å². The minimum atomic E-state index is -3.29.